The van der Waals surface area contributed by atoms with Crippen molar-refractivity contribution in [1.29, 1.82) is 0 Å². The van der Waals surface area contributed by atoms with Crippen molar-refractivity contribution in [1.82, 2.24) is 4.98 Å². The molecule has 3 nitrogen and oxygen atoms in total. The van der Waals surface area contributed by atoms with Gasteiger partial charge in [0.15, 0.2) is 0 Å². The van der Waals surface area contributed by atoms with Crippen molar-refractivity contribution in [2.45, 2.75) is 19.8 Å². The van der Waals surface area contributed by atoms with Crippen LogP contribution in [0, 0.1) is 12.8 Å². The van der Waals surface area contributed by atoms with Crippen LogP contribution in [0.2, 0.25) is 5.02 Å². The summed E-state index contributed by atoms with van der Waals surface area (Å²) in [6, 6.07) is 9.69. The van der Waals surface area contributed by atoms with Gasteiger partial charge in [-0.25, -0.2) is 0 Å². The van der Waals surface area contributed by atoms with Gasteiger partial charge in [0.25, 0.3) is 0 Å². The van der Waals surface area contributed by atoms with Crippen molar-refractivity contribution in [3.63, 3.8) is 0 Å². The van der Waals surface area contributed by atoms with Gasteiger partial charge in [-0.1, -0.05) is 41.4 Å². The second-order valence-corrected chi connectivity index (χ2v) is 5.31. The van der Waals surface area contributed by atoms with Crippen LogP contribution in [0.5, 0.6) is 0 Å². The molecule has 1 atom stereocenters. The lowest BCUT2D eigenvalue weighted by atomic mass is 9.92. The number of aromatic nitrogens is 1. The van der Waals surface area contributed by atoms with Crippen molar-refractivity contribution in [3.8, 4) is 0 Å². The second-order valence-electron chi connectivity index (χ2n) is 4.90. The summed E-state index contributed by atoms with van der Waals surface area (Å²) in [4.78, 5) is 15.4. The van der Waals surface area contributed by atoms with E-state index in [1.807, 2.05) is 31.2 Å². The van der Waals surface area contributed by atoms with Gasteiger partial charge in [0, 0.05) is 12.4 Å². The van der Waals surface area contributed by atoms with E-state index in [1.165, 1.54) is 0 Å². The van der Waals surface area contributed by atoms with Crippen molar-refractivity contribution in [3.05, 3.63) is 64.4 Å². The van der Waals surface area contributed by atoms with Gasteiger partial charge in [0.2, 0.25) is 0 Å². The Labute approximate surface area is 123 Å². The van der Waals surface area contributed by atoms with E-state index in [0.717, 1.165) is 16.7 Å². The minimum absolute atomic E-state index is 0.407. The van der Waals surface area contributed by atoms with Crippen LogP contribution < -0.4 is 0 Å². The molecule has 4 heteroatoms. The van der Waals surface area contributed by atoms with E-state index < -0.39 is 11.9 Å². The average molecular weight is 290 g/mol. The predicted octanol–water partition coefficient (Wildman–Crippen LogP) is 3.53. The first-order valence-electron chi connectivity index (χ1n) is 6.43. The molecule has 2 rings (SSSR count). The number of hydrogen-bond acceptors (Lipinski definition) is 2. The number of carboxylic acids is 1. The third-order valence-electron chi connectivity index (χ3n) is 3.24. The monoisotopic (exact) mass is 289 g/mol. The third kappa shape index (κ3) is 3.81. The highest BCUT2D eigenvalue weighted by atomic mass is 35.5. The van der Waals surface area contributed by atoms with Crippen molar-refractivity contribution in [2.75, 3.05) is 0 Å². The van der Waals surface area contributed by atoms with Gasteiger partial charge in [0.1, 0.15) is 0 Å². The molecule has 0 amide bonds. The molecule has 0 aliphatic heterocycles. The first-order valence-corrected chi connectivity index (χ1v) is 6.81. The van der Waals surface area contributed by atoms with Crippen LogP contribution in [-0.2, 0) is 17.6 Å². The Morgan fingerprint density at radius 3 is 2.80 bits per heavy atom. The number of halogens is 1. The number of hydrogen-bond donors (Lipinski definition) is 1. The second kappa shape index (κ2) is 6.53. The summed E-state index contributed by atoms with van der Waals surface area (Å²) in [5.74, 6) is -1.30. The van der Waals surface area contributed by atoms with Crippen LogP contribution in [0.15, 0.2) is 42.7 Å². The lowest BCUT2D eigenvalue weighted by Gasteiger charge is -2.13. The molecule has 20 heavy (non-hydrogen) atoms. The fourth-order valence-corrected chi connectivity index (χ4v) is 2.40. The molecule has 0 bridgehead atoms. The van der Waals surface area contributed by atoms with Gasteiger partial charge >= 0.3 is 5.97 Å². The SMILES string of the molecule is Cc1cccc(CC(Cc2ccncc2Cl)C(=O)O)c1. The molecule has 0 spiro atoms. The number of rotatable bonds is 5. The molecular formula is C16H16ClNO2. The number of aliphatic carboxylic acids is 1. The van der Waals surface area contributed by atoms with Gasteiger partial charge in [-0.3, -0.25) is 9.78 Å². The molecule has 0 saturated carbocycles. The van der Waals surface area contributed by atoms with E-state index in [0.29, 0.717) is 17.9 Å². The van der Waals surface area contributed by atoms with E-state index in [-0.39, 0.29) is 0 Å². The molecule has 1 unspecified atom stereocenters. The van der Waals surface area contributed by atoms with E-state index in [9.17, 15) is 9.90 Å². The highest BCUT2D eigenvalue weighted by Crippen LogP contribution is 2.21. The summed E-state index contributed by atoms with van der Waals surface area (Å²) < 4.78 is 0. The normalized spacial score (nSPS) is 12.1. The quantitative estimate of drug-likeness (QED) is 0.916. The van der Waals surface area contributed by atoms with Gasteiger partial charge in [-0.15, -0.1) is 0 Å². The summed E-state index contributed by atoms with van der Waals surface area (Å²) >= 11 is 6.05. The first-order chi connectivity index (χ1) is 9.56. The Balaban J connectivity index is 2.16. The zero-order chi connectivity index (χ0) is 14.5. The van der Waals surface area contributed by atoms with Crippen LogP contribution in [-0.4, -0.2) is 16.1 Å². The van der Waals surface area contributed by atoms with Gasteiger partial charge in [-0.2, -0.15) is 0 Å². The zero-order valence-corrected chi connectivity index (χ0v) is 12.0. The molecule has 1 N–H and O–H groups in total. The number of pyridine rings is 1. The Bertz CT molecular complexity index is 613. The standard InChI is InChI=1S/C16H16ClNO2/c1-11-3-2-4-12(7-11)8-14(16(19)20)9-13-5-6-18-10-15(13)17/h2-7,10,14H,8-9H2,1H3,(H,19,20). The van der Waals surface area contributed by atoms with Gasteiger partial charge in [-0.05, 0) is 37.0 Å². The summed E-state index contributed by atoms with van der Waals surface area (Å²) in [6.07, 6.45) is 4.08. The Kier molecular flexibility index (Phi) is 4.74. The maximum absolute atomic E-state index is 11.4. The fraction of sp³-hybridized carbons (Fsp3) is 0.250. The molecule has 1 aromatic carbocycles. The summed E-state index contributed by atoms with van der Waals surface area (Å²) in [6.45, 7) is 2.00. The molecule has 0 aliphatic carbocycles. The molecule has 2 aromatic rings. The van der Waals surface area contributed by atoms with E-state index >= 15 is 0 Å². The molecule has 0 aliphatic rings. The number of carboxylic acid groups (broad SMARTS) is 1. The van der Waals surface area contributed by atoms with E-state index in [2.05, 4.69) is 4.98 Å². The largest absolute Gasteiger partial charge is 0.481 e. The van der Waals surface area contributed by atoms with Gasteiger partial charge in [0.05, 0.1) is 10.9 Å². The molecule has 0 fully saturated rings. The highest BCUT2D eigenvalue weighted by molar-refractivity contribution is 6.31. The molecule has 0 saturated heterocycles. The van der Waals surface area contributed by atoms with Crippen molar-refractivity contribution < 1.29 is 9.90 Å². The Morgan fingerprint density at radius 2 is 2.15 bits per heavy atom. The lowest BCUT2D eigenvalue weighted by Crippen LogP contribution is -2.19. The topological polar surface area (TPSA) is 50.2 Å². The molecule has 104 valence electrons. The average Bonchev–Trinajstić information content (AvgIpc) is 2.40. The van der Waals surface area contributed by atoms with Crippen LogP contribution in [0.1, 0.15) is 16.7 Å². The maximum Gasteiger partial charge on any atom is 0.307 e. The Morgan fingerprint density at radius 1 is 1.35 bits per heavy atom. The summed E-state index contributed by atoms with van der Waals surface area (Å²) in [5, 5.41) is 9.91. The maximum atomic E-state index is 11.4. The number of aryl methyl sites for hydroxylation is 1. The van der Waals surface area contributed by atoms with Gasteiger partial charge < -0.3 is 5.11 Å². The predicted molar refractivity (Wildman–Crippen MR) is 79.0 cm³/mol. The van der Waals surface area contributed by atoms with Crippen molar-refractivity contribution >= 4 is 17.6 Å². The minimum atomic E-state index is -0.806. The fourth-order valence-electron chi connectivity index (χ4n) is 2.21. The molecule has 1 aromatic heterocycles. The summed E-state index contributed by atoms with van der Waals surface area (Å²) in [5.41, 5.74) is 2.98. The van der Waals surface area contributed by atoms with E-state index in [4.69, 9.17) is 11.6 Å². The Hall–Kier alpha value is -1.87. The third-order valence-corrected chi connectivity index (χ3v) is 3.58. The summed E-state index contributed by atoms with van der Waals surface area (Å²) in [7, 11) is 0. The molecular weight excluding hydrogens is 274 g/mol. The van der Waals surface area contributed by atoms with Crippen LogP contribution in [0.25, 0.3) is 0 Å². The van der Waals surface area contributed by atoms with Crippen LogP contribution >= 0.6 is 11.6 Å². The van der Waals surface area contributed by atoms with Crippen LogP contribution in [0.3, 0.4) is 0 Å². The van der Waals surface area contributed by atoms with Crippen LogP contribution in [0.4, 0.5) is 0 Å². The zero-order valence-electron chi connectivity index (χ0n) is 11.2. The lowest BCUT2D eigenvalue weighted by molar-refractivity contribution is -0.141. The molecule has 1 heterocycles. The molecule has 0 radical (unpaired) electrons. The highest BCUT2D eigenvalue weighted by Gasteiger charge is 2.19. The van der Waals surface area contributed by atoms with Crippen molar-refractivity contribution in [2.24, 2.45) is 5.92 Å². The minimum Gasteiger partial charge on any atom is -0.481 e. The first kappa shape index (κ1) is 14.5. The number of carbonyl (C=O) groups is 1. The number of nitrogens with zero attached hydrogens (tertiary/aromatic N) is 1. The van der Waals surface area contributed by atoms with E-state index in [1.54, 1.807) is 18.5 Å². The smallest absolute Gasteiger partial charge is 0.307 e. The number of benzene rings is 1.